The predicted octanol–water partition coefficient (Wildman–Crippen LogP) is 9.90. The molecule has 0 bridgehead atoms. The summed E-state index contributed by atoms with van der Waals surface area (Å²) in [5.74, 6) is 0. The van der Waals surface area contributed by atoms with Crippen molar-refractivity contribution in [2.75, 3.05) is 0 Å². The molecule has 0 aliphatic rings. The van der Waals surface area contributed by atoms with E-state index in [1.54, 1.807) is 24.3 Å². The van der Waals surface area contributed by atoms with Gasteiger partial charge in [-0.3, -0.25) is 60.7 Å². The second-order valence-electron chi connectivity index (χ2n) is 13.9. The van der Waals surface area contributed by atoms with Gasteiger partial charge in [-0.25, -0.2) is 0 Å². The van der Waals surface area contributed by atoms with Gasteiger partial charge >= 0.3 is 0 Å². The molecule has 0 N–H and O–H groups in total. The number of nitro groups is 6. The van der Waals surface area contributed by atoms with E-state index in [9.17, 15) is 60.7 Å². The van der Waals surface area contributed by atoms with Gasteiger partial charge in [-0.1, -0.05) is 97.1 Å². The minimum absolute atomic E-state index is 0.232. The van der Waals surface area contributed by atoms with Gasteiger partial charge in [0.1, 0.15) is 0 Å². The maximum atomic E-state index is 11.8. The van der Waals surface area contributed by atoms with Crippen molar-refractivity contribution in [1.29, 1.82) is 0 Å². The number of rotatable bonds is 14. The van der Waals surface area contributed by atoms with Gasteiger partial charge in [-0.2, -0.15) is 0 Å². The zero-order valence-corrected chi connectivity index (χ0v) is 31.7. The summed E-state index contributed by atoms with van der Waals surface area (Å²) in [5.41, 5.74) is -0.753. The molecule has 7 aromatic carbocycles. The lowest BCUT2D eigenvalue weighted by Crippen LogP contribution is -2.33. The number of nitro benzene ring substituents is 6. The van der Waals surface area contributed by atoms with E-state index < -0.39 is 40.4 Å². The zero-order chi connectivity index (χ0) is 44.3. The summed E-state index contributed by atoms with van der Waals surface area (Å²) in [4.78, 5) is 67.3. The molecule has 0 aliphatic carbocycles. The molecule has 18 nitrogen and oxygen atoms in total. The third kappa shape index (κ3) is 7.19. The molecule has 62 heavy (non-hydrogen) atoms. The minimum Gasteiger partial charge on any atom is -0.258 e. The Morgan fingerprint density at radius 3 is 0.403 bits per heavy atom. The molecule has 0 saturated heterocycles. The van der Waals surface area contributed by atoms with Crippen LogP contribution in [0, 0.1) is 60.7 Å². The van der Waals surface area contributed by atoms with E-state index in [0.29, 0.717) is 44.5 Å². The first-order valence-corrected chi connectivity index (χ1v) is 18.3. The standard InChI is InChI=1S/C44H28N6O12/c51-45(52)37-17-5-31(6-18-37)43(32-7-19-38(20-8-32)46(53)54,33-9-21-39(22-10-33)47(55)56)29-1-2-30(4-3-29)44(34-11-23-40(24-12-34)48(57)58,35-13-25-41(26-14-35)49(59)60)36-15-27-42(28-16-36)50(61)62/h1-28H. The number of benzene rings is 7. The van der Waals surface area contributed by atoms with Crippen LogP contribution < -0.4 is 0 Å². The highest BCUT2D eigenvalue weighted by Crippen LogP contribution is 2.50. The van der Waals surface area contributed by atoms with Gasteiger partial charge in [-0.15, -0.1) is 0 Å². The lowest BCUT2D eigenvalue weighted by atomic mass is 9.62. The van der Waals surface area contributed by atoms with Crippen molar-refractivity contribution in [2.24, 2.45) is 0 Å². The predicted molar refractivity (Wildman–Crippen MR) is 223 cm³/mol. The number of non-ortho nitro benzene ring substituents is 6. The Morgan fingerprint density at radius 2 is 0.306 bits per heavy atom. The highest BCUT2D eigenvalue weighted by Gasteiger charge is 2.42. The average Bonchev–Trinajstić information content (AvgIpc) is 3.28. The van der Waals surface area contributed by atoms with Gasteiger partial charge in [0, 0.05) is 72.8 Å². The fourth-order valence-corrected chi connectivity index (χ4v) is 7.97. The average molecular weight is 833 g/mol. The molecular weight excluding hydrogens is 805 g/mol. The van der Waals surface area contributed by atoms with Gasteiger partial charge < -0.3 is 0 Å². The normalized spacial score (nSPS) is 11.4. The Hall–Kier alpha value is -9.06. The molecule has 0 unspecified atom stereocenters. The summed E-state index contributed by atoms with van der Waals surface area (Å²) in [6.07, 6.45) is 0. The molecule has 7 aromatic rings. The fraction of sp³-hybridized carbons (Fsp3) is 0.0455. The van der Waals surface area contributed by atoms with Crippen LogP contribution in [0.5, 0.6) is 0 Å². The Labute approximate surface area is 348 Å². The second-order valence-corrected chi connectivity index (χ2v) is 13.9. The van der Waals surface area contributed by atoms with Crippen molar-refractivity contribution in [1.82, 2.24) is 0 Å². The Bertz CT molecular complexity index is 2390. The lowest BCUT2D eigenvalue weighted by molar-refractivity contribution is -0.385. The van der Waals surface area contributed by atoms with E-state index in [1.165, 1.54) is 146 Å². The van der Waals surface area contributed by atoms with Gasteiger partial charge in [0.2, 0.25) is 0 Å². The van der Waals surface area contributed by atoms with Crippen molar-refractivity contribution in [3.05, 3.63) is 275 Å². The van der Waals surface area contributed by atoms with E-state index >= 15 is 0 Å². The molecule has 0 amide bonds. The van der Waals surface area contributed by atoms with Crippen molar-refractivity contribution < 1.29 is 29.5 Å². The summed E-state index contributed by atoms with van der Waals surface area (Å²) in [6.45, 7) is 0. The molecule has 0 fully saturated rings. The Kier molecular flexibility index (Phi) is 10.8. The zero-order valence-electron chi connectivity index (χ0n) is 31.7. The van der Waals surface area contributed by atoms with Crippen molar-refractivity contribution in [3.8, 4) is 0 Å². The highest BCUT2D eigenvalue weighted by atomic mass is 16.6. The van der Waals surface area contributed by atoms with E-state index in [0.717, 1.165) is 0 Å². The summed E-state index contributed by atoms with van der Waals surface area (Å²) >= 11 is 0. The molecule has 0 radical (unpaired) electrons. The van der Waals surface area contributed by atoms with Crippen molar-refractivity contribution in [2.45, 2.75) is 10.8 Å². The SMILES string of the molecule is O=[N+]([O-])c1ccc(C(c2ccc([N+](=O)[O-])cc2)(c2ccc([N+](=O)[O-])cc2)c2ccc(C(c3ccc([N+](=O)[O-])cc3)(c3ccc([N+](=O)[O-])cc3)c3ccc([N+](=O)[O-])cc3)cc2)cc1. The second kappa shape index (κ2) is 16.3. The highest BCUT2D eigenvalue weighted by molar-refractivity contribution is 5.66. The quantitative estimate of drug-likeness (QED) is 0.0563. The molecule has 0 aliphatic heterocycles. The molecule has 306 valence electrons. The Morgan fingerprint density at radius 1 is 0.210 bits per heavy atom. The topological polar surface area (TPSA) is 259 Å². The van der Waals surface area contributed by atoms with Crippen LogP contribution >= 0.6 is 0 Å². The smallest absolute Gasteiger partial charge is 0.258 e. The molecule has 0 saturated carbocycles. The van der Waals surface area contributed by atoms with Crippen LogP contribution in [0.2, 0.25) is 0 Å². The summed E-state index contributed by atoms with van der Waals surface area (Å²) in [7, 11) is 0. The third-order valence-corrected chi connectivity index (χ3v) is 10.8. The van der Waals surface area contributed by atoms with Gasteiger partial charge in [0.15, 0.2) is 0 Å². The minimum atomic E-state index is -1.46. The third-order valence-electron chi connectivity index (χ3n) is 10.8. The summed E-state index contributed by atoms with van der Waals surface area (Å²) in [6, 6.07) is 40.6. The van der Waals surface area contributed by atoms with Gasteiger partial charge in [-0.05, 0) is 44.5 Å². The van der Waals surface area contributed by atoms with Crippen LogP contribution in [0.4, 0.5) is 34.1 Å². The molecule has 0 aromatic heterocycles. The maximum Gasteiger partial charge on any atom is 0.269 e. The van der Waals surface area contributed by atoms with Crippen LogP contribution in [-0.4, -0.2) is 29.5 Å². The lowest BCUT2D eigenvalue weighted by Gasteiger charge is -2.39. The number of hydrogen-bond acceptors (Lipinski definition) is 12. The molecule has 7 rings (SSSR count). The number of hydrogen-bond donors (Lipinski definition) is 0. The van der Waals surface area contributed by atoms with E-state index in [2.05, 4.69) is 0 Å². The van der Waals surface area contributed by atoms with Crippen molar-refractivity contribution in [3.63, 3.8) is 0 Å². The maximum absolute atomic E-state index is 11.8. The van der Waals surface area contributed by atoms with Crippen LogP contribution in [0.15, 0.2) is 170 Å². The Balaban J connectivity index is 1.57. The molecular formula is C44H28N6O12. The molecule has 0 heterocycles. The van der Waals surface area contributed by atoms with Crippen LogP contribution in [0.3, 0.4) is 0 Å². The van der Waals surface area contributed by atoms with E-state index in [4.69, 9.17) is 0 Å². The van der Waals surface area contributed by atoms with Crippen LogP contribution in [0.1, 0.15) is 44.5 Å². The van der Waals surface area contributed by atoms with Gasteiger partial charge in [0.05, 0.1) is 40.4 Å². The molecule has 0 atom stereocenters. The first-order chi connectivity index (χ1) is 29.7. The van der Waals surface area contributed by atoms with E-state index in [-0.39, 0.29) is 34.1 Å². The fourth-order valence-electron chi connectivity index (χ4n) is 7.97. The number of nitrogens with zero attached hydrogens (tertiary/aromatic N) is 6. The summed E-state index contributed by atoms with van der Waals surface area (Å²) < 4.78 is 0. The van der Waals surface area contributed by atoms with Gasteiger partial charge in [0.25, 0.3) is 34.1 Å². The summed E-state index contributed by atoms with van der Waals surface area (Å²) in [5, 5.41) is 70.7. The molecule has 18 heteroatoms. The van der Waals surface area contributed by atoms with Crippen LogP contribution in [0.25, 0.3) is 0 Å². The first-order valence-electron chi connectivity index (χ1n) is 18.3. The van der Waals surface area contributed by atoms with Crippen molar-refractivity contribution >= 4 is 34.1 Å². The van der Waals surface area contributed by atoms with Crippen LogP contribution in [-0.2, 0) is 10.8 Å². The largest absolute Gasteiger partial charge is 0.269 e. The molecule has 0 spiro atoms. The first kappa shape index (κ1) is 41.1. The monoisotopic (exact) mass is 832 g/mol. The van der Waals surface area contributed by atoms with E-state index in [1.807, 2.05) is 0 Å².